The highest BCUT2D eigenvalue weighted by Gasteiger charge is 2.47. The van der Waals surface area contributed by atoms with E-state index in [0.29, 0.717) is 11.1 Å². The minimum Gasteiger partial charge on any atom is -0.395 e. The molecule has 0 bridgehead atoms. The van der Waals surface area contributed by atoms with Gasteiger partial charge in [0, 0.05) is 4.47 Å². The van der Waals surface area contributed by atoms with E-state index in [9.17, 15) is 8.78 Å². The maximum Gasteiger partial charge on any atom is 0.586 e. The molecule has 9 heteroatoms. The number of benzene rings is 2. The highest BCUT2D eigenvalue weighted by Crippen LogP contribution is 2.45. The molecule has 4 rings (SSSR count). The highest BCUT2D eigenvalue weighted by atomic mass is 79.9. The van der Waals surface area contributed by atoms with Crippen LogP contribution in [0.15, 0.2) is 56.9 Å². The molecule has 0 saturated carbocycles. The predicted octanol–water partition coefficient (Wildman–Crippen LogP) is 4.12. The van der Waals surface area contributed by atoms with Gasteiger partial charge in [0.1, 0.15) is 5.84 Å². The van der Waals surface area contributed by atoms with Gasteiger partial charge < -0.3 is 20.9 Å². The smallest absolute Gasteiger partial charge is 0.395 e. The molecule has 2 aromatic rings. The topological polar surface area (TPSA) is 95.2 Å². The first kappa shape index (κ1) is 20.1. The molecular formula is C19H19BrF2N4O2. The molecule has 148 valence electrons. The number of fused-ring (bicyclic) bond motifs is 1. The summed E-state index contributed by atoms with van der Waals surface area (Å²) in [6, 6.07) is 11.6. The van der Waals surface area contributed by atoms with Gasteiger partial charge >= 0.3 is 6.29 Å². The van der Waals surface area contributed by atoms with E-state index in [4.69, 9.17) is 11.5 Å². The molecule has 2 aliphatic heterocycles. The van der Waals surface area contributed by atoms with E-state index in [0.717, 1.165) is 4.47 Å². The van der Waals surface area contributed by atoms with Crippen LogP contribution in [0.3, 0.4) is 0 Å². The maximum absolute atomic E-state index is 13.3. The van der Waals surface area contributed by atoms with Crippen molar-refractivity contribution in [1.29, 1.82) is 0 Å². The van der Waals surface area contributed by atoms with E-state index < -0.39 is 11.8 Å². The summed E-state index contributed by atoms with van der Waals surface area (Å²) in [5, 5.41) is 0. The van der Waals surface area contributed by atoms with Crippen molar-refractivity contribution in [2.75, 3.05) is 0 Å². The molecule has 0 radical (unpaired) electrons. The van der Waals surface area contributed by atoms with E-state index in [1.54, 1.807) is 18.2 Å². The standard InChI is InChI=1S/C16H11BrF2N4O2.C3H8/c17-10-3-1-2-8(6-10)15(13(20)22-14(21)23-15)9-4-5-11-12(7-9)25-16(18,19)24-11;1-3-2/h1-7H,(H4,20,21,22,23);3H2,1-2H3. The summed E-state index contributed by atoms with van der Waals surface area (Å²) in [6.45, 7) is 4.25. The van der Waals surface area contributed by atoms with Crippen molar-refractivity contribution in [2.45, 2.75) is 32.1 Å². The zero-order valence-corrected chi connectivity index (χ0v) is 16.8. The molecule has 0 amide bonds. The van der Waals surface area contributed by atoms with Crippen LogP contribution in [-0.4, -0.2) is 18.1 Å². The highest BCUT2D eigenvalue weighted by molar-refractivity contribution is 9.10. The Balaban J connectivity index is 0.000000706. The lowest BCUT2D eigenvalue weighted by atomic mass is 9.82. The number of guanidine groups is 1. The second-order valence-electron chi connectivity index (χ2n) is 6.22. The van der Waals surface area contributed by atoms with Crippen LogP contribution in [-0.2, 0) is 5.54 Å². The molecule has 28 heavy (non-hydrogen) atoms. The molecule has 2 aromatic carbocycles. The lowest BCUT2D eigenvalue weighted by molar-refractivity contribution is -0.286. The first-order chi connectivity index (χ1) is 13.2. The van der Waals surface area contributed by atoms with Gasteiger partial charge in [-0.25, -0.2) is 4.99 Å². The third-order valence-corrected chi connectivity index (χ3v) is 4.44. The Morgan fingerprint density at radius 1 is 1.00 bits per heavy atom. The van der Waals surface area contributed by atoms with Gasteiger partial charge in [-0.3, -0.25) is 0 Å². The van der Waals surface area contributed by atoms with Crippen LogP contribution in [0.4, 0.5) is 8.78 Å². The summed E-state index contributed by atoms with van der Waals surface area (Å²) >= 11 is 3.40. The molecule has 0 spiro atoms. The number of ether oxygens (including phenoxy) is 2. The van der Waals surface area contributed by atoms with Crippen LogP contribution in [0, 0.1) is 0 Å². The number of aliphatic imine (C=N–C) groups is 2. The third kappa shape index (κ3) is 3.54. The Morgan fingerprint density at radius 2 is 1.64 bits per heavy atom. The molecule has 0 fully saturated rings. The van der Waals surface area contributed by atoms with E-state index in [2.05, 4.69) is 49.2 Å². The molecule has 4 N–H and O–H groups in total. The Morgan fingerprint density at radius 3 is 2.25 bits per heavy atom. The Labute approximate surface area is 169 Å². The van der Waals surface area contributed by atoms with Crippen LogP contribution in [0.2, 0.25) is 0 Å². The van der Waals surface area contributed by atoms with Crippen LogP contribution < -0.4 is 20.9 Å². The second kappa shape index (κ2) is 7.38. The first-order valence-corrected chi connectivity index (χ1v) is 9.37. The van der Waals surface area contributed by atoms with Gasteiger partial charge in [-0.05, 0) is 35.4 Å². The second-order valence-corrected chi connectivity index (χ2v) is 7.14. The molecule has 0 aromatic heterocycles. The van der Waals surface area contributed by atoms with Crippen molar-refractivity contribution in [3.63, 3.8) is 0 Å². The van der Waals surface area contributed by atoms with E-state index in [-0.39, 0.29) is 23.3 Å². The fourth-order valence-corrected chi connectivity index (χ4v) is 3.34. The van der Waals surface area contributed by atoms with Crippen LogP contribution in [0.5, 0.6) is 11.5 Å². The number of alkyl halides is 2. The monoisotopic (exact) mass is 452 g/mol. The van der Waals surface area contributed by atoms with Crippen LogP contribution in [0.1, 0.15) is 31.4 Å². The van der Waals surface area contributed by atoms with Crippen molar-refractivity contribution >= 4 is 27.7 Å². The summed E-state index contributed by atoms with van der Waals surface area (Å²) in [5.74, 6) is -0.0388. The fourth-order valence-electron chi connectivity index (χ4n) is 2.94. The average molecular weight is 453 g/mol. The summed E-state index contributed by atoms with van der Waals surface area (Å²) in [5.41, 5.74) is 11.8. The quantitative estimate of drug-likeness (QED) is 0.716. The fraction of sp³-hybridized carbons (Fsp3) is 0.263. The minimum absolute atomic E-state index is 0.000437. The van der Waals surface area contributed by atoms with Gasteiger partial charge in [0.05, 0.1) is 0 Å². The zero-order chi connectivity index (χ0) is 20.5. The van der Waals surface area contributed by atoms with E-state index >= 15 is 0 Å². The van der Waals surface area contributed by atoms with Crippen molar-refractivity contribution in [3.05, 3.63) is 58.1 Å². The Bertz CT molecular complexity index is 965. The SMILES string of the molecule is CCC.NC1=NC(c2cccc(Br)c2)(c2ccc3c(c2)OC(F)(F)O3)C(N)=N1. The predicted molar refractivity (Wildman–Crippen MR) is 107 cm³/mol. The maximum atomic E-state index is 13.3. The summed E-state index contributed by atoms with van der Waals surface area (Å²) in [6.07, 6.45) is -2.46. The van der Waals surface area contributed by atoms with Crippen molar-refractivity contribution in [3.8, 4) is 11.5 Å². The average Bonchev–Trinajstić information content (AvgIpc) is 3.09. The third-order valence-electron chi connectivity index (χ3n) is 3.95. The van der Waals surface area contributed by atoms with Crippen LogP contribution in [0.25, 0.3) is 0 Å². The van der Waals surface area contributed by atoms with E-state index in [1.165, 1.54) is 18.6 Å². The number of hydrogen-bond donors (Lipinski definition) is 2. The molecule has 2 heterocycles. The number of nitrogens with zero attached hydrogens (tertiary/aromatic N) is 2. The summed E-state index contributed by atoms with van der Waals surface area (Å²) < 4.78 is 36.4. The van der Waals surface area contributed by atoms with E-state index in [1.807, 2.05) is 12.1 Å². The zero-order valence-electron chi connectivity index (χ0n) is 15.2. The molecule has 2 aliphatic rings. The molecular weight excluding hydrogens is 434 g/mol. The number of halogens is 3. The Kier molecular flexibility index (Phi) is 5.29. The Hall–Kier alpha value is -2.68. The number of nitrogens with two attached hydrogens (primary N) is 2. The minimum atomic E-state index is -3.71. The lowest BCUT2D eigenvalue weighted by Gasteiger charge is -2.27. The summed E-state index contributed by atoms with van der Waals surface area (Å²) in [7, 11) is 0. The molecule has 6 nitrogen and oxygen atoms in total. The van der Waals surface area contributed by atoms with Gasteiger partial charge in [0.2, 0.25) is 5.96 Å². The normalized spacial score (nSPS) is 21.5. The largest absolute Gasteiger partial charge is 0.586 e. The summed E-state index contributed by atoms with van der Waals surface area (Å²) in [4.78, 5) is 8.44. The molecule has 0 saturated heterocycles. The van der Waals surface area contributed by atoms with Crippen molar-refractivity contribution in [2.24, 2.45) is 21.5 Å². The van der Waals surface area contributed by atoms with Crippen molar-refractivity contribution in [1.82, 2.24) is 0 Å². The number of amidine groups is 1. The van der Waals surface area contributed by atoms with Crippen molar-refractivity contribution < 1.29 is 18.3 Å². The lowest BCUT2D eigenvalue weighted by Crippen LogP contribution is -2.38. The van der Waals surface area contributed by atoms with Gasteiger partial charge in [-0.1, -0.05) is 54.4 Å². The van der Waals surface area contributed by atoms with Gasteiger partial charge in [0.25, 0.3) is 0 Å². The first-order valence-electron chi connectivity index (χ1n) is 8.58. The van der Waals surface area contributed by atoms with Crippen LogP contribution >= 0.6 is 15.9 Å². The molecule has 0 aliphatic carbocycles. The van der Waals surface area contributed by atoms with Gasteiger partial charge in [-0.2, -0.15) is 4.99 Å². The molecule has 1 unspecified atom stereocenters. The molecule has 1 atom stereocenters. The number of rotatable bonds is 2. The van der Waals surface area contributed by atoms with Gasteiger partial charge in [-0.15, -0.1) is 8.78 Å². The van der Waals surface area contributed by atoms with Gasteiger partial charge in [0.15, 0.2) is 17.0 Å². The number of hydrogen-bond acceptors (Lipinski definition) is 6.